The maximum absolute atomic E-state index is 12.8. The number of carbonyl (C=O) groups excluding carboxylic acids is 3. The van der Waals surface area contributed by atoms with Crippen molar-refractivity contribution in [3.8, 4) is 0 Å². The number of nitrogens with one attached hydrogen (secondary N) is 1. The predicted octanol–water partition coefficient (Wildman–Crippen LogP) is 1.41. The molecule has 0 aliphatic carbocycles. The molecule has 0 aromatic heterocycles. The van der Waals surface area contributed by atoms with E-state index in [9.17, 15) is 24.6 Å². The summed E-state index contributed by atoms with van der Waals surface area (Å²) in [5.74, 6) is -2.22. The Bertz CT molecular complexity index is 924. The van der Waals surface area contributed by atoms with Crippen LogP contribution in [-0.4, -0.2) is 59.0 Å². The topological polar surface area (TPSA) is 122 Å². The van der Waals surface area contributed by atoms with Gasteiger partial charge in [-0.3, -0.25) is 9.59 Å². The Hall–Kier alpha value is -2.81. The molecule has 2 rings (SSSR count). The largest absolute Gasteiger partial charge is 0.465 e. The molecule has 2 saturated heterocycles. The van der Waals surface area contributed by atoms with Crippen LogP contribution >= 0.6 is 0 Å². The fourth-order valence-electron chi connectivity index (χ4n) is 3.62. The molecule has 168 valence electrons. The van der Waals surface area contributed by atoms with E-state index < -0.39 is 35.1 Å². The number of ether oxygens (including phenoxy) is 2. The molecule has 8 heteroatoms. The maximum atomic E-state index is 12.8. The summed E-state index contributed by atoms with van der Waals surface area (Å²) in [5.41, 5.74) is -1.97. The van der Waals surface area contributed by atoms with Crippen molar-refractivity contribution in [1.29, 1.82) is 0 Å². The average molecular weight is 431 g/mol. The molecular weight excluding hydrogens is 402 g/mol. The molecular formula is C23H29NO7. The molecule has 1 unspecified atom stereocenters. The highest BCUT2D eigenvalue weighted by atomic mass is 16.5. The monoisotopic (exact) mass is 431 g/mol. The van der Waals surface area contributed by atoms with E-state index >= 15 is 0 Å². The van der Waals surface area contributed by atoms with Crippen molar-refractivity contribution < 1.29 is 34.1 Å². The summed E-state index contributed by atoms with van der Waals surface area (Å²) in [6.07, 6.45) is 8.78. The zero-order valence-electron chi connectivity index (χ0n) is 18.4. The van der Waals surface area contributed by atoms with E-state index in [2.05, 4.69) is 5.32 Å². The summed E-state index contributed by atoms with van der Waals surface area (Å²) in [7, 11) is 1.32. The second kappa shape index (κ2) is 9.55. The van der Waals surface area contributed by atoms with Gasteiger partial charge in [0.15, 0.2) is 11.8 Å². The van der Waals surface area contributed by atoms with Gasteiger partial charge in [0.05, 0.1) is 19.3 Å². The van der Waals surface area contributed by atoms with E-state index in [1.165, 1.54) is 20.1 Å². The molecule has 0 bridgehead atoms. The van der Waals surface area contributed by atoms with Crippen molar-refractivity contribution >= 4 is 17.7 Å². The standard InChI is InChI=1S/C23H29NO7/c1-6-17(19(26)30-5)13-15(3)12-14(2)8-7-9-16(4)18(25)23(29)20-22(28,10-11-31-20)24-21(23)27/h6-9,12-13,20,28-29H,10-11H2,1-5H3,(H,24,27)/b8-7+,14-12+,15-13+,16-9+,17-6-/t20?,22-,23-/m0/s1. The minimum absolute atomic E-state index is 0.101. The lowest BCUT2D eigenvalue weighted by atomic mass is 9.86. The molecule has 0 radical (unpaired) electrons. The van der Waals surface area contributed by atoms with Gasteiger partial charge >= 0.3 is 5.97 Å². The first kappa shape index (κ1) is 24.5. The molecule has 2 aliphatic heterocycles. The zero-order valence-corrected chi connectivity index (χ0v) is 18.4. The molecule has 8 nitrogen and oxygen atoms in total. The van der Waals surface area contributed by atoms with Crippen molar-refractivity contribution in [2.75, 3.05) is 13.7 Å². The fourth-order valence-corrected chi connectivity index (χ4v) is 3.62. The third-order valence-corrected chi connectivity index (χ3v) is 5.24. The Morgan fingerprint density at radius 3 is 2.48 bits per heavy atom. The van der Waals surface area contributed by atoms with Gasteiger partial charge in [0.1, 0.15) is 0 Å². The van der Waals surface area contributed by atoms with E-state index in [-0.39, 0.29) is 18.6 Å². The van der Waals surface area contributed by atoms with E-state index in [4.69, 9.17) is 9.47 Å². The molecule has 2 aliphatic rings. The lowest BCUT2D eigenvalue weighted by molar-refractivity contribution is -0.160. The lowest BCUT2D eigenvalue weighted by Gasteiger charge is -2.26. The van der Waals surface area contributed by atoms with E-state index in [0.29, 0.717) is 5.57 Å². The molecule has 2 heterocycles. The second-order valence-corrected chi connectivity index (χ2v) is 7.70. The number of hydrogen-bond acceptors (Lipinski definition) is 7. The van der Waals surface area contributed by atoms with Gasteiger partial charge in [-0.2, -0.15) is 0 Å². The van der Waals surface area contributed by atoms with Crippen LogP contribution in [0.3, 0.4) is 0 Å². The Labute approximate surface area is 181 Å². The van der Waals surface area contributed by atoms with Crippen molar-refractivity contribution in [3.05, 3.63) is 58.7 Å². The van der Waals surface area contributed by atoms with Crippen LogP contribution in [0.25, 0.3) is 0 Å². The number of carbonyl (C=O) groups is 3. The van der Waals surface area contributed by atoms with Gasteiger partial charge < -0.3 is 25.0 Å². The predicted molar refractivity (Wildman–Crippen MR) is 114 cm³/mol. The first-order valence-electron chi connectivity index (χ1n) is 9.89. The van der Waals surface area contributed by atoms with Crippen LogP contribution in [0, 0.1) is 0 Å². The van der Waals surface area contributed by atoms with Crippen molar-refractivity contribution in [1.82, 2.24) is 5.32 Å². The SMILES string of the molecule is C/C=C(/C=C(C)/C=C(C)/C=C/C=C(\C)C(=O)[C@@]1(O)C(=O)N[C@]2(O)CCOC12)C(=O)OC. The second-order valence-electron chi connectivity index (χ2n) is 7.70. The van der Waals surface area contributed by atoms with Crippen molar-refractivity contribution in [3.63, 3.8) is 0 Å². The summed E-state index contributed by atoms with van der Waals surface area (Å²) in [6, 6.07) is 0. The molecule has 0 aromatic carbocycles. The highest BCUT2D eigenvalue weighted by Crippen LogP contribution is 2.39. The summed E-state index contributed by atoms with van der Waals surface area (Å²) >= 11 is 0. The summed E-state index contributed by atoms with van der Waals surface area (Å²) in [6.45, 7) is 7.03. The molecule has 3 N–H and O–H groups in total. The highest BCUT2D eigenvalue weighted by Gasteiger charge is 2.68. The molecule has 3 atom stereocenters. The van der Waals surface area contributed by atoms with Gasteiger partial charge in [-0.1, -0.05) is 41.5 Å². The normalized spacial score (nSPS) is 29.9. The van der Waals surface area contributed by atoms with E-state index in [1.54, 1.807) is 31.2 Å². The van der Waals surface area contributed by atoms with Crippen molar-refractivity contribution in [2.45, 2.75) is 51.5 Å². The number of Topliss-reactive ketones (excluding diaryl/α,β-unsaturated/α-hetero) is 1. The van der Waals surface area contributed by atoms with Gasteiger partial charge in [0.25, 0.3) is 5.91 Å². The Morgan fingerprint density at radius 1 is 1.19 bits per heavy atom. The van der Waals surface area contributed by atoms with Gasteiger partial charge in [0, 0.05) is 6.42 Å². The number of methoxy groups -OCH3 is 1. The summed E-state index contributed by atoms with van der Waals surface area (Å²) in [4.78, 5) is 36.7. The number of fused-ring (bicyclic) bond motifs is 1. The zero-order chi connectivity index (χ0) is 23.4. The lowest BCUT2D eigenvalue weighted by Crippen LogP contribution is -2.55. The minimum Gasteiger partial charge on any atom is -0.465 e. The van der Waals surface area contributed by atoms with Crippen LogP contribution in [0.15, 0.2) is 58.7 Å². The van der Waals surface area contributed by atoms with Crippen molar-refractivity contribution in [2.24, 2.45) is 0 Å². The van der Waals surface area contributed by atoms with Crippen LogP contribution in [0.4, 0.5) is 0 Å². The Kier molecular flexibility index (Phi) is 7.54. The number of amides is 1. The number of ketones is 1. The van der Waals surface area contributed by atoms with Crippen LogP contribution in [0.2, 0.25) is 0 Å². The number of hydrogen-bond donors (Lipinski definition) is 3. The number of allylic oxidation sites excluding steroid dienone is 7. The first-order chi connectivity index (χ1) is 14.5. The van der Waals surface area contributed by atoms with Gasteiger partial charge in [-0.25, -0.2) is 4.79 Å². The summed E-state index contributed by atoms with van der Waals surface area (Å²) < 4.78 is 10.0. The summed E-state index contributed by atoms with van der Waals surface area (Å²) in [5, 5.41) is 23.4. The number of aliphatic hydroxyl groups is 2. The fraction of sp³-hybridized carbons (Fsp3) is 0.435. The van der Waals surface area contributed by atoms with Gasteiger partial charge in [0.2, 0.25) is 11.4 Å². The highest BCUT2D eigenvalue weighted by molar-refractivity contribution is 6.18. The first-order valence-corrected chi connectivity index (χ1v) is 9.89. The third kappa shape index (κ3) is 4.92. The van der Waals surface area contributed by atoms with Crippen LogP contribution < -0.4 is 5.32 Å². The van der Waals surface area contributed by atoms with Crippen LogP contribution in [0.1, 0.15) is 34.1 Å². The molecule has 1 amide bonds. The number of esters is 1. The third-order valence-electron chi connectivity index (χ3n) is 5.24. The molecule has 31 heavy (non-hydrogen) atoms. The van der Waals surface area contributed by atoms with Crippen LogP contribution in [-0.2, 0) is 23.9 Å². The van der Waals surface area contributed by atoms with Gasteiger partial charge in [-0.15, -0.1) is 0 Å². The van der Waals surface area contributed by atoms with Crippen LogP contribution in [0.5, 0.6) is 0 Å². The molecule has 2 fully saturated rings. The van der Waals surface area contributed by atoms with E-state index in [0.717, 1.165) is 11.1 Å². The number of rotatable bonds is 7. The molecule has 0 spiro atoms. The molecule has 0 aromatic rings. The average Bonchev–Trinajstić information content (AvgIpc) is 3.18. The minimum atomic E-state index is -2.47. The molecule has 0 saturated carbocycles. The smallest absolute Gasteiger partial charge is 0.337 e. The van der Waals surface area contributed by atoms with E-state index in [1.807, 2.05) is 19.9 Å². The Morgan fingerprint density at radius 2 is 1.87 bits per heavy atom. The Balaban J connectivity index is 2.14. The van der Waals surface area contributed by atoms with Gasteiger partial charge in [-0.05, 0) is 39.3 Å². The maximum Gasteiger partial charge on any atom is 0.337 e. The quantitative estimate of drug-likeness (QED) is 0.241.